The van der Waals surface area contributed by atoms with Crippen LogP contribution in [0.3, 0.4) is 0 Å². The topological polar surface area (TPSA) is 66.9 Å². The highest BCUT2D eigenvalue weighted by molar-refractivity contribution is 7.89. The lowest BCUT2D eigenvalue weighted by Gasteiger charge is -2.34. The molecule has 0 radical (unpaired) electrons. The number of rotatable bonds is 7. The number of carbonyl (C=O) groups excluding carboxylic acids is 1. The molecule has 0 unspecified atom stereocenters. The summed E-state index contributed by atoms with van der Waals surface area (Å²) in [4.78, 5) is 14.2. The maximum Gasteiger partial charge on any atom is 0.227 e. The minimum Gasteiger partial charge on any atom is -0.491 e. The molecule has 1 amide bonds. The van der Waals surface area contributed by atoms with E-state index in [2.05, 4.69) is 0 Å². The number of carbonyl (C=O) groups is 1. The van der Waals surface area contributed by atoms with E-state index in [1.54, 1.807) is 4.90 Å². The maximum absolute atomic E-state index is 12.4. The molecular weight excluding hydrogens is 340 g/mol. The van der Waals surface area contributed by atoms with Gasteiger partial charge in [0, 0.05) is 26.2 Å². The molecule has 0 saturated carbocycles. The molecule has 1 fully saturated rings. The molecule has 0 aliphatic carbocycles. The van der Waals surface area contributed by atoms with Crippen molar-refractivity contribution >= 4 is 15.9 Å². The highest BCUT2D eigenvalue weighted by atomic mass is 32.2. The van der Waals surface area contributed by atoms with Crippen molar-refractivity contribution in [1.29, 1.82) is 0 Å². The predicted octanol–water partition coefficient (Wildman–Crippen LogP) is 1.90. The highest BCUT2D eigenvalue weighted by Crippen LogP contribution is 2.16. The third-order valence-corrected chi connectivity index (χ3v) is 6.17. The first-order valence-electron chi connectivity index (χ1n) is 8.83. The number of ether oxygens (including phenoxy) is 1. The van der Waals surface area contributed by atoms with E-state index in [0.717, 1.165) is 11.3 Å². The van der Waals surface area contributed by atoms with E-state index < -0.39 is 10.0 Å². The van der Waals surface area contributed by atoms with Crippen LogP contribution >= 0.6 is 0 Å². The van der Waals surface area contributed by atoms with Crippen LogP contribution in [0.1, 0.15) is 32.8 Å². The first-order valence-corrected chi connectivity index (χ1v) is 10.4. The first kappa shape index (κ1) is 19.7. The van der Waals surface area contributed by atoms with Crippen LogP contribution in [0.4, 0.5) is 0 Å². The molecule has 140 valence electrons. The Bertz CT molecular complexity index is 663. The quantitative estimate of drug-likeness (QED) is 0.737. The van der Waals surface area contributed by atoms with Gasteiger partial charge in [-0.05, 0) is 38.0 Å². The smallest absolute Gasteiger partial charge is 0.227 e. The van der Waals surface area contributed by atoms with Gasteiger partial charge in [-0.1, -0.05) is 19.1 Å². The van der Waals surface area contributed by atoms with Gasteiger partial charge in [0.05, 0.1) is 18.3 Å². The van der Waals surface area contributed by atoms with Crippen LogP contribution in [0.15, 0.2) is 24.3 Å². The zero-order valence-corrected chi connectivity index (χ0v) is 16.1. The maximum atomic E-state index is 12.4. The van der Waals surface area contributed by atoms with Crippen LogP contribution < -0.4 is 4.74 Å². The molecule has 1 aromatic carbocycles. The number of sulfonamides is 1. The number of hydrogen-bond acceptors (Lipinski definition) is 4. The summed E-state index contributed by atoms with van der Waals surface area (Å²) in [6, 6.07) is 7.55. The van der Waals surface area contributed by atoms with Gasteiger partial charge in [-0.3, -0.25) is 4.79 Å². The van der Waals surface area contributed by atoms with Gasteiger partial charge in [-0.15, -0.1) is 0 Å². The van der Waals surface area contributed by atoms with Crippen molar-refractivity contribution in [2.45, 2.75) is 39.7 Å². The minimum atomic E-state index is -3.17. The summed E-state index contributed by atoms with van der Waals surface area (Å²) in [5, 5.41) is 0. The number of amides is 1. The predicted molar refractivity (Wildman–Crippen MR) is 98.1 cm³/mol. The molecule has 25 heavy (non-hydrogen) atoms. The van der Waals surface area contributed by atoms with E-state index in [4.69, 9.17) is 4.74 Å². The van der Waals surface area contributed by atoms with Crippen molar-refractivity contribution in [3.63, 3.8) is 0 Å². The normalized spacial score (nSPS) is 16.2. The Morgan fingerprint density at radius 2 is 1.72 bits per heavy atom. The average Bonchev–Trinajstić information content (AvgIpc) is 2.56. The summed E-state index contributed by atoms with van der Waals surface area (Å²) in [6.45, 7) is 7.47. The summed E-state index contributed by atoms with van der Waals surface area (Å²) < 4.78 is 31.2. The summed E-state index contributed by atoms with van der Waals surface area (Å²) in [5.41, 5.74) is 0.933. The molecule has 2 rings (SSSR count). The first-order chi connectivity index (χ1) is 11.8. The number of nitrogens with zero attached hydrogens (tertiary/aromatic N) is 2. The molecule has 0 spiro atoms. The van der Waals surface area contributed by atoms with Gasteiger partial charge in [0.1, 0.15) is 5.75 Å². The molecule has 0 aromatic heterocycles. The molecule has 7 heteroatoms. The zero-order valence-electron chi connectivity index (χ0n) is 15.3. The van der Waals surface area contributed by atoms with E-state index in [1.807, 2.05) is 45.0 Å². The van der Waals surface area contributed by atoms with Crippen molar-refractivity contribution in [3.05, 3.63) is 29.8 Å². The van der Waals surface area contributed by atoms with Crippen molar-refractivity contribution in [2.24, 2.45) is 0 Å². The second-order valence-electron chi connectivity index (χ2n) is 6.58. The molecule has 0 bridgehead atoms. The molecular formula is C18H28N2O4S. The monoisotopic (exact) mass is 368 g/mol. The highest BCUT2D eigenvalue weighted by Gasteiger charge is 2.28. The zero-order chi connectivity index (χ0) is 18.4. The van der Waals surface area contributed by atoms with Gasteiger partial charge in [0.25, 0.3) is 0 Å². The van der Waals surface area contributed by atoms with Crippen LogP contribution in [0.5, 0.6) is 5.75 Å². The van der Waals surface area contributed by atoms with Crippen molar-refractivity contribution in [1.82, 2.24) is 9.21 Å². The summed E-state index contributed by atoms with van der Waals surface area (Å²) in [7, 11) is -3.17. The Morgan fingerprint density at radius 3 is 2.24 bits per heavy atom. The van der Waals surface area contributed by atoms with Crippen molar-refractivity contribution in [2.75, 3.05) is 31.9 Å². The Labute approximate surface area is 150 Å². The van der Waals surface area contributed by atoms with Gasteiger partial charge in [-0.2, -0.15) is 4.31 Å². The Morgan fingerprint density at radius 1 is 1.12 bits per heavy atom. The van der Waals surface area contributed by atoms with E-state index in [-0.39, 0.29) is 17.8 Å². The molecule has 0 atom stereocenters. The SMILES string of the molecule is CCCS(=O)(=O)N1CCN(C(=O)Cc2ccc(OC(C)C)cc2)CC1. The lowest BCUT2D eigenvalue weighted by Crippen LogP contribution is -2.51. The van der Waals surface area contributed by atoms with Gasteiger partial charge < -0.3 is 9.64 Å². The van der Waals surface area contributed by atoms with E-state index >= 15 is 0 Å². The van der Waals surface area contributed by atoms with Crippen LogP contribution in [-0.4, -0.2) is 61.6 Å². The second kappa shape index (κ2) is 8.67. The molecule has 1 heterocycles. The molecule has 1 aliphatic rings. The van der Waals surface area contributed by atoms with Crippen LogP contribution in [0.25, 0.3) is 0 Å². The molecule has 6 nitrogen and oxygen atoms in total. The van der Waals surface area contributed by atoms with Crippen molar-refractivity contribution in [3.8, 4) is 5.75 Å². The minimum absolute atomic E-state index is 0.0325. The lowest BCUT2D eigenvalue weighted by atomic mass is 10.1. The molecule has 0 N–H and O–H groups in total. The molecule has 1 aliphatic heterocycles. The number of benzene rings is 1. The van der Waals surface area contributed by atoms with Crippen LogP contribution in [0.2, 0.25) is 0 Å². The van der Waals surface area contributed by atoms with Gasteiger partial charge in [0.2, 0.25) is 15.9 Å². The second-order valence-corrected chi connectivity index (χ2v) is 8.67. The fourth-order valence-electron chi connectivity index (χ4n) is 2.85. The summed E-state index contributed by atoms with van der Waals surface area (Å²) in [6.07, 6.45) is 1.05. The standard InChI is InChI=1S/C18H28N2O4S/c1-4-13-25(22,23)20-11-9-19(10-12-20)18(21)14-16-5-7-17(8-6-16)24-15(2)3/h5-8,15H,4,9-14H2,1-3H3. The Balaban J connectivity index is 1.86. The Kier molecular flexibility index (Phi) is 6.84. The fourth-order valence-corrected chi connectivity index (χ4v) is 4.34. The van der Waals surface area contributed by atoms with E-state index in [1.165, 1.54) is 4.31 Å². The summed E-state index contributed by atoms with van der Waals surface area (Å²) in [5.74, 6) is 0.997. The van der Waals surface area contributed by atoms with Crippen LogP contribution in [-0.2, 0) is 21.2 Å². The van der Waals surface area contributed by atoms with Gasteiger partial charge in [0.15, 0.2) is 0 Å². The molecule has 1 saturated heterocycles. The number of hydrogen-bond donors (Lipinski definition) is 0. The summed E-state index contributed by atoms with van der Waals surface area (Å²) >= 11 is 0. The molecule has 1 aromatic rings. The third-order valence-electron chi connectivity index (χ3n) is 4.10. The number of piperazine rings is 1. The van der Waals surface area contributed by atoms with Gasteiger partial charge in [-0.25, -0.2) is 8.42 Å². The third kappa shape index (κ3) is 5.71. The Hall–Kier alpha value is -1.60. The lowest BCUT2D eigenvalue weighted by molar-refractivity contribution is -0.131. The van der Waals surface area contributed by atoms with Gasteiger partial charge >= 0.3 is 0 Å². The van der Waals surface area contributed by atoms with E-state index in [9.17, 15) is 13.2 Å². The van der Waals surface area contributed by atoms with E-state index in [0.29, 0.717) is 39.0 Å². The largest absolute Gasteiger partial charge is 0.491 e. The average molecular weight is 368 g/mol. The fraction of sp³-hybridized carbons (Fsp3) is 0.611. The van der Waals surface area contributed by atoms with Crippen molar-refractivity contribution < 1.29 is 17.9 Å². The van der Waals surface area contributed by atoms with Crippen LogP contribution in [0, 0.1) is 0 Å².